The molecule has 0 saturated carbocycles. The Bertz CT molecular complexity index is 609. The fourth-order valence-corrected chi connectivity index (χ4v) is 3.77. The zero-order valence-corrected chi connectivity index (χ0v) is 16.1. The van der Waals surface area contributed by atoms with Gasteiger partial charge in [-0.25, -0.2) is 4.98 Å². The third-order valence-corrected chi connectivity index (χ3v) is 5.43. The molecule has 2 amide bonds. The normalized spacial score (nSPS) is 18.8. The van der Waals surface area contributed by atoms with Gasteiger partial charge in [0.05, 0.1) is 19.8 Å². The lowest BCUT2D eigenvalue weighted by atomic mass is 10.2. The van der Waals surface area contributed by atoms with Crippen LogP contribution in [0.1, 0.15) is 23.8 Å². The number of ether oxygens (including phenoxy) is 1. The maximum atomic E-state index is 12.6. The number of rotatable bonds is 6. The Morgan fingerprint density at radius 3 is 2.58 bits per heavy atom. The minimum absolute atomic E-state index is 0.0232. The van der Waals surface area contributed by atoms with Crippen molar-refractivity contribution >= 4 is 28.3 Å². The molecule has 9 heteroatoms. The molecule has 1 N–H and O–H groups in total. The van der Waals surface area contributed by atoms with Crippen LogP contribution in [0.4, 0.5) is 5.13 Å². The van der Waals surface area contributed by atoms with Gasteiger partial charge in [0.15, 0.2) is 5.13 Å². The van der Waals surface area contributed by atoms with Crippen LogP contribution in [-0.4, -0.2) is 97.1 Å². The van der Waals surface area contributed by atoms with Crippen LogP contribution < -0.4 is 5.32 Å². The van der Waals surface area contributed by atoms with Crippen LogP contribution in [0, 0.1) is 0 Å². The molecule has 0 spiro atoms. The molecule has 0 aromatic carbocycles. The number of piperazine rings is 1. The van der Waals surface area contributed by atoms with Gasteiger partial charge in [-0.1, -0.05) is 6.92 Å². The molecular formula is C17H27N5O3S. The summed E-state index contributed by atoms with van der Waals surface area (Å²) in [5, 5.41) is 5.82. The molecular weight excluding hydrogens is 354 g/mol. The van der Waals surface area contributed by atoms with E-state index in [2.05, 4.69) is 22.1 Å². The van der Waals surface area contributed by atoms with E-state index in [0.717, 1.165) is 18.1 Å². The van der Waals surface area contributed by atoms with Crippen LogP contribution in [0.5, 0.6) is 0 Å². The van der Waals surface area contributed by atoms with E-state index in [-0.39, 0.29) is 11.8 Å². The van der Waals surface area contributed by atoms with E-state index >= 15 is 0 Å². The lowest BCUT2D eigenvalue weighted by Crippen LogP contribution is -2.52. The van der Waals surface area contributed by atoms with Crippen molar-refractivity contribution in [3.63, 3.8) is 0 Å². The Balaban J connectivity index is 1.44. The molecule has 0 aliphatic carbocycles. The topological polar surface area (TPSA) is 78.0 Å². The maximum absolute atomic E-state index is 12.6. The summed E-state index contributed by atoms with van der Waals surface area (Å²) in [5.41, 5.74) is 0.506. The van der Waals surface area contributed by atoms with Crippen molar-refractivity contribution in [3.8, 4) is 0 Å². The molecule has 2 aliphatic rings. The van der Waals surface area contributed by atoms with Gasteiger partial charge in [-0.2, -0.15) is 0 Å². The van der Waals surface area contributed by atoms with E-state index < -0.39 is 0 Å². The Morgan fingerprint density at radius 2 is 1.88 bits per heavy atom. The summed E-state index contributed by atoms with van der Waals surface area (Å²) >= 11 is 1.47. The molecule has 0 atom stereocenters. The van der Waals surface area contributed by atoms with Gasteiger partial charge >= 0.3 is 0 Å². The Labute approximate surface area is 158 Å². The molecule has 3 heterocycles. The molecule has 0 unspecified atom stereocenters. The number of hydrogen-bond acceptors (Lipinski definition) is 7. The first-order valence-corrected chi connectivity index (χ1v) is 10.1. The number of thiazole rings is 1. The molecule has 144 valence electrons. The number of aromatic nitrogens is 1. The summed E-state index contributed by atoms with van der Waals surface area (Å²) in [5.74, 6) is 0.129. The highest BCUT2D eigenvalue weighted by Gasteiger charge is 2.26. The smallest absolute Gasteiger partial charge is 0.273 e. The van der Waals surface area contributed by atoms with Gasteiger partial charge in [0.25, 0.3) is 5.91 Å². The van der Waals surface area contributed by atoms with Crippen molar-refractivity contribution in [1.29, 1.82) is 0 Å². The maximum Gasteiger partial charge on any atom is 0.273 e. The van der Waals surface area contributed by atoms with Crippen LogP contribution in [-0.2, 0) is 9.53 Å². The second kappa shape index (κ2) is 9.29. The summed E-state index contributed by atoms with van der Waals surface area (Å²) < 4.78 is 5.28. The molecule has 26 heavy (non-hydrogen) atoms. The average molecular weight is 382 g/mol. The van der Waals surface area contributed by atoms with Crippen molar-refractivity contribution in [2.45, 2.75) is 13.3 Å². The van der Waals surface area contributed by atoms with Gasteiger partial charge in [0.2, 0.25) is 5.91 Å². The Morgan fingerprint density at radius 1 is 1.15 bits per heavy atom. The van der Waals surface area contributed by atoms with Crippen molar-refractivity contribution in [2.75, 3.05) is 70.9 Å². The summed E-state index contributed by atoms with van der Waals surface area (Å²) in [4.78, 5) is 35.1. The van der Waals surface area contributed by atoms with Crippen LogP contribution >= 0.6 is 11.3 Å². The Hall–Kier alpha value is -1.71. The fraction of sp³-hybridized carbons (Fsp3) is 0.706. The number of carbonyl (C=O) groups excluding carboxylic acids is 2. The van der Waals surface area contributed by atoms with Gasteiger partial charge in [-0.05, 0) is 6.42 Å². The van der Waals surface area contributed by atoms with Crippen molar-refractivity contribution in [1.82, 2.24) is 19.7 Å². The molecule has 8 nitrogen and oxygen atoms in total. The quantitative estimate of drug-likeness (QED) is 0.777. The summed E-state index contributed by atoms with van der Waals surface area (Å²) in [6.45, 7) is 8.66. The van der Waals surface area contributed by atoms with Crippen molar-refractivity contribution in [3.05, 3.63) is 11.1 Å². The van der Waals surface area contributed by atoms with E-state index in [1.807, 2.05) is 15.2 Å². The minimum atomic E-state index is -0.0232. The van der Waals surface area contributed by atoms with Crippen LogP contribution in [0.2, 0.25) is 0 Å². The third kappa shape index (κ3) is 4.93. The van der Waals surface area contributed by atoms with Gasteiger partial charge in [0.1, 0.15) is 5.69 Å². The molecule has 2 saturated heterocycles. The van der Waals surface area contributed by atoms with Crippen molar-refractivity contribution < 1.29 is 14.3 Å². The first-order chi connectivity index (χ1) is 12.7. The highest BCUT2D eigenvalue weighted by molar-refractivity contribution is 7.13. The predicted octanol–water partition coefficient (Wildman–Crippen LogP) is 0.582. The highest BCUT2D eigenvalue weighted by atomic mass is 32.1. The van der Waals surface area contributed by atoms with Crippen LogP contribution in [0.25, 0.3) is 0 Å². The minimum Gasteiger partial charge on any atom is -0.378 e. The van der Waals surface area contributed by atoms with E-state index in [1.54, 1.807) is 0 Å². The van der Waals surface area contributed by atoms with E-state index in [4.69, 9.17) is 4.74 Å². The average Bonchev–Trinajstić information content (AvgIpc) is 3.16. The fourth-order valence-electron chi connectivity index (χ4n) is 3.06. The molecule has 1 aromatic heterocycles. The lowest BCUT2D eigenvalue weighted by molar-refractivity contribution is -0.136. The largest absolute Gasteiger partial charge is 0.378 e. The molecule has 1 aromatic rings. The molecule has 0 bridgehead atoms. The highest BCUT2D eigenvalue weighted by Crippen LogP contribution is 2.17. The zero-order valence-electron chi connectivity index (χ0n) is 15.3. The third-order valence-electron chi connectivity index (χ3n) is 4.63. The first-order valence-electron chi connectivity index (χ1n) is 9.24. The number of morpholine rings is 1. The number of nitrogens with one attached hydrogen (secondary N) is 1. The SMILES string of the molecule is CCCNc1nc(C(=O)N2CCN(CC(=O)N3CCOCC3)CC2)cs1. The lowest BCUT2D eigenvalue weighted by Gasteiger charge is -2.35. The second-order valence-corrected chi connectivity index (χ2v) is 7.38. The van der Waals surface area contributed by atoms with Crippen LogP contribution in [0.15, 0.2) is 5.38 Å². The molecule has 2 fully saturated rings. The standard InChI is InChI=1S/C17H27N5O3S/c1-2-3-18-17-19-14(13-26-17)16(24)22-6-4-20(5-7-22)12-15(23)21-8-10-25-11-9-21/h13H,2-12H2,1H3,(H,18,19). The van der Waals surface area contributed by atoms with Crippen molar-refractivity contribution in [2.24, 2.45) is 0 Å². The number of anilines is 1. The Kier molecular flexibility index (Phi) is 6.81. The van der Waals surface area contributed by atoms with E-state index in [9.17, 15) is 9.59 Å². The second-order valence-electron chi connectivity index (χ2n) is 6.53. The summed E-state index contributed by atoms with van der Waals surface area (Å²) in [7, 11) is 0. The predicted molar refractivity (Wildman–Crippen MR) is 101 cm³/mol. The number of carbonyl (C=O) groups is 2. The summed E-state index contributed by atoms with van der Waals surface area (Å²) in [6.07, 6.45) is 1.02. The zero-order chi connectivity index (χ0) is 18.4. The first kappa shape index (κ1) is 19.1. The number of hydrogen-bond donors (Lipinski definition) is 1. The van der Waals surface area contributed by atoms with Gasteiger partial charge in [-0.3, -0.25) is 14.5 Å². The number of amides is 2. The molecule has 2 aliphatic heterocycles. The molecule has 3 rings (SSSR count). The van der Waals surface area contributed by atoms with Gasteiger partial charge in [0, 0.05) is 51.2 Å². The van der Waals surface area contributed by atoms with E-state index in [1.165, 1.54) is 11.3 Å². The monoisotopic (exact) mass is 381 g/mol. The van der Waals surface area contributed by atoms with Crippen LogP contribution in [0.3, 0.4) is 0 Å². The van der Waals surface area contributed by atoms with E-state index in [0.29, 0.717) is 64.7 Å². The molecule has 0 radical (unpaired) electrons. The van der Waals surface area contributed by atoms with Gasteiger partial charge in [-0.15, -0.1) is 11.3 Å². The summed E-state index contributed by atoms with van der Waals surface area (Å²) in [6, 6.07) is 0. The van der Waals surface area contributed by atoms with Gasteiger partial charge < -0.3 is 19.9 Å². The number of nitrogens with zero attached hydrogens (tertiary/aromatic N) is 4.